The molecule has 0 aromatic carbocycles. The van der Waals surface area contributed by atoms with Crippen molar-refractivity contribution in [3.8, 4) is 0 Å². The minimum Gasteiger partial charge on any atom is -0.370 e. The lowest BCUT2D eigenvalue weighted by Gasteiger charge is -2.33. The molecule has 0 spiro atoms. The quantitative estimate of drug-likeness (QED) is 0.605. The van der Waals surface area contributed by atoms with Crippen molar-refractivity contribution in [3.05, 3.63) is 24.0 Å². The van der Waals surface area contributed by atoms with E-state index in [4.69, 9.17) is 17.0 Å². The average Bonchev–Trinajstić information content (AvgIpc) is 2.91. The minimum absolute atomic E-state index is 0.410. The third-order valence-corrected chi connectivity index (χ3v) is 5.90. The van der Waals surface area contributed by atoms with E-state index in [1.165, 1.54) is 37.9 Å². The Labute approximate surface area is 157 Å². The van der Waals surface area contributed by atoms with Crippen LogP contribution in [0.25, 0.3) is 0 Å². The molecule has 3 heterocycles. The Hall–Kier alpha value is -1.11. The van der Waals surface area contributed by atoms with Crippen molar-refractivity contribution in [2.24, 2.45) is 7.05 Å². The highest BCUT2D eigenvalue weighted by molar-refractivity contribution is 7.80. The number of hydrogen-bond acceptors (Lipinski definition) is 2. The Kier molecular flexibility index (Phi) is 7.13. The number of rotatable bonds is 5. The van der Waals surface area contributed by atoms with Crippen molar-refractivity contribution >= 4 is 17.3 Å². The minimum atomic E-state index is 0.410. The Morgan fingerprint density at radius 1 is 1.32 bits per heavy atom. The maximum absolute atomic E-state index is 5.78. The standard InChI is InChI=1S/C19H32N4OS/c1-21-10-5-8-17(21)18-7-3-2-4-12-23(18)19(25)20-9-6-11-22-13-15-24-16-14-22/h5,8,10,18H,2-4,6-7,9,11-16H2,1H3,(H,20,25)/p+1/t18-/m0/s1. The molecule has 140 valence electrons. The number of aryl methyl sites for hydroxylation is 1. The molecule has 1 aromatic heterocycles. The Morgan fingerprint density at radius 2 is 2.16 bits per heavy atom. The molecule has 3 rings (SSSR count). The van der Waals surface area contributed by atoms with Crippen LogP contribution in [0.15, 0.2) is 18.3 Å². The summed E-state index contributed by atoms with van der Waals surface area (Å²) in [6, 6.07) is 4.79. The molecule has 2 aliphatic rings. The smallest absolute Gasteiger partial charge is 0.169 e. The number of morpholine rings is 1. The summed E-state index contributed by atoms with van der Waals surface area (Å²) < 4.78 is 7.67. The van der Waals surface area contributed by atoms with Gasteiger partial charge in [-0.15, -0.1) is 0 Å². The van der Waals surface area contributed by atoms with E-state index >= 15 is 0 Å². The van der Waals surface area contributed by atoms with Gasteiger partial charge in [0.25, 0.3) is 0 Å². The monoisotopic (exact) mass is 365 g/mol. The van der Waals surface area contributed by atoms with Gasteiger partial charge in [-0.3, -0.25) is 0 Å². The predicted octanol–water partition coefficient (Wildman–Crippen LogP) is 1.12. The zero-order valence-corrected chi connectivity index (χ0v) is 16.3. The summed E-state index contributed by atoms with van der Waals surface area (Å²) >= 11 is 5.78. The van der Waals surface area contributed by atoms with Crippen LogP contribution in [0.2, 0.25) is 0 Å². The third-order valence-electron chi connectivity index (χ3n) is 5.52. The van der Waals surface area contributed by atoms with E-state index in [-0.39, 0.29) is 0 Å². The molecule has 0 amide bonds. The highest BCUT2D eigenvalue weighted by Crippen LogP contribution is 2.30. The van der Waals surface area contributed by atoms with E-state index in [1.54, 1.807) is 4.90 Å². The van der Waals surface area contributed by atoms with Crippen molar-refractivity contribution in [1.29, 1.82) is 0 Å². The van der Waals surface area contributed by atoms with Crippen molar-refractivity contribution < 1.29 is 9.64 Å². The SMILES string of the molecule is Cn1cccc1[C@@H]1CCCCCN1C(=S)NCCC[NH+]1CCOCC1. The largest absolute Gasteiger partial charge is 0.370 e. The van der Waals surface area contributed by atoms with Crippen LogP contribution >= 0.6 is 12.2 Å². The number of hydrogen-bond donors (Lipinski definition) is 2. The number of quaternary nitrogens is 1. The summed E-state index contributed by atoms with van der Waals surface area (Å²) in [5, 5.41) is 4.47. The first-order valence-electron chi connectivity index (χ1n) is 9.83. The van der Waals surface area contributed by atoms with Crippen LogP contribution in [0, 0.1) is 0 Å². The lowest BCUT2D eigenvalue weighted by atomic mass is 10.1. The molecule has 2 N–H and O–H groups in total. The Balaban J connectivity index is 1.50. The molecule has 0 radical (unpaired) electrons. The maximum atomic E-state index is 5.78. The fourth-order valence-corrected chi connectivity index (χ4v) is 4.35. The fraction of sp³-hybridized carbons (Fsp3) is 0.737. The summed E-state index contributed by atoms with van der Waals surface area (Å²) in [5.74, 6) is 0. The molecule has 6 heteroatoms. The topological polar surface area (TPSA) is 33.9 Å². The summed E-state index contributed by atoms with van der Waals surface area (Å²) in [4.78, 5) is 4.09. The molecule has 0 saturated carbocycles. The molecule has 1 aromatic rings. The number of nitrogens with zero attached hydrogens (tertiary/aromatic N) is 2. The molecular formula is C19H33N4OS+. The molecule has 2 aliphatic heterocycles. The Bertz CT molecular complexity index is 541. The normalized spacial score (nSPS) is 22.6. The van der Waals surface area contributed by atoms with E-state index in [2.05, 4.69) is 40.2 Å². The molecule has 2 saturated heterocycles. The molecule has 1 atom stereocenters. The lowest BCUT2D eigenvalue weighted by Crippen LogP contribution is -3.14. The van der Waals surface area contributed by atoms with Gasteiger partial charge in [0.2, 0.25) is 0 Å². The van der Waals surface area contributed by atoms with Crippen LogP contribution in [-0.2, 0) is 11.8 Å². The molecule has 5 nitrogen and oxygen atoms in total. The molecule has 2 fully saturated rings. The molecule has 0 unspecified atom stereocenters. The zero-order chi connectivity index (χ0) is 17.5. The van der Waals surface area contributed by atoms with Crippen molar-refractivity contribution in [3.63, 3.8) is 0 Å². The highest BCUT2D eigenvalue weighted by atomic mass is 32.1. The predicted molar refractivity (Wildman–Crippen MR) is 105 cm³/mol. The van der Waals surface area contributed by atoms with E-state index in [9.17, 15) is 0 Å². The zero-order valence-electron chi connectivity index (χ0n) is 15.5. The summed E-state index contributed by atoms with van der Waals surface area (Å²) in [6.07, 6.45) is 8.33. The van der Waals surface area contributed by atoms with Crippen molar-refractivity contribution in [2.45, 2.75) is 38.1 Å². The van der Waals surface area contributed by atoms with E-state index in [1.807, 2.05) is 0 Å². The molecule has 0 aliphatic carbocycles. The van der Waals surface area contributed by atoms with Gasteiger partial charge in [0.1, 0.15) is 13.1 Å². The van der Waals surface area contributed by atoms with E-state index < -0.39 is 0 Å². The maximum Gasteiger partial charge on any atom is 0.169 e. The van der Waals surface area contributed by atoms with Gasteiger partial charge >= 0.3 is 0 Å². The first kappa shape index (κ1) is 18.7. The van der Waals surface area contributed by atoms with Gasteiger partial charge in [-0.2, -0.15) is 0 Å². The van der Waals surface area contributed by atoms with Crippen LogP contribution < -0.4 is 10.2 Å². The van der Waals surface area contributed by atoms with Crippen LogP contribution in [0.4, 0.5) is 0 Å². The highest BCUT2D eigenvalue weighted by Gasteiger charge is 2.26. The molecule has 0 bridgehead atoms. The van der Waals surface area contributed by atoms with Crippen LogP contribution in [0.1, 0.15) is 43.8 Å². The van der Waals surface area contributed by atoms with Crippen molar-refractivity contribution in [2.75, 3.05) is 45.9 Å². The number of nitrogens with one attached hydrogen (secondary N) is 2. The van der Waals surface area contributed by atoms with Gasteiger partial charge in [-0.25, -0.2) is 0 Å². The first-order valence-corrected chi connectivity index (χ1v) is 10.2. The summed E-state index contributed by atoms with van der Waals surface area (Å²) in [6.45, 7) is 7.36. The number of thiocarbonyl (C=S) groups is 1. The van der Waals surface area contributed by atoms with Crippen LogP contribution in [-0.4, -0.2) is 60.5 Å². The van der Waals surface area contributed by atoms with E-state index in [0.29, 0.717) is 6.04 Å². The lowest BCUT2D eigenvalue weighted by molar-refractivity contribution is -0.908. The van der Waals surface area contributed by atoms with Gasteiger partial charge in [0.05, 0.1) is 25.8 Å². The first-order chi connectivity index (χ1) is 12.3. The van der Waals surface area contributed by atoms with Crippen LogP contribution in [0.3, 0.4) is 0 Å². The Morgan fingerprint density at radius 3 is 2.92 bits per heavy atom. The van der Waals surface area contributed by atoms with E-state index in [0.717, 1.165) is 50.9 Å². The summed E-state index contributed by atoms with van der Waals surface area (Å²) in [5.41, 5.74) is 1.38. The van der Waals surface area contributed by atoms with Gasteiger partial charge < -0.3 is 24.4 Å². The second-order valence-electron chi connectivity index (χ2n) is 7.30. The molecular weight excluding hydrogens is 332 g/mol. The van der Waals surface area contributed by atoms with Crippen molar-refractivity contribution in [1.82, 2.24) is 14.8 Å². The fourth-order valence-electron chi connectivity index (χ4n) is 4.02. The average molecular weight is 366 g/mol. The van der Waals surface area contributed by atoms with Gasteiger partial charge in [-0.05, 0) is 37.2 Å². The van der Waals surface area contributed by atoms with Crippen LogP contribution in [0.5, 0.6) is 0 Å². The van der Waals surface area contributed by atoms with Gasteiger partial charge in [0, 0.05) is 38.4 Å². The second kappa shape index (κ2) is 9.55. The number of likely N-dealkylation sites (tertiary alicyclic amines) is 1. The number of aromatic nitrogens is 1. The third kappa shape index (κ3) is 5.19. The molecule has 25 heavy (non-hydrogen) atoms. The van der Waals surface area contributed by atoms with Gasteiger partial charge in [-0.1, -0.05) is 12.8 Å². The number of ether oxygens (including phenoxy) is 1. The second-order valence-corrected chi connectivity index (χ2v) is 7.69. The summed E-state index contributed by atoms with van der Waals surface area (Å²) in [7, 11) is 2.14. The van der Waals surface area contributed by atoms with Gasteiger partial charge in [0.15, 0.2) is 5.11 Å².